The van der Waals surface area contributed by atoms with Gasteiger partial charge in [-0.15, -0.1) is 0 Å². The first-order chi connectivity index (χ1) is 6.84. The van der Waals surface area contributed by atoms with E-state index in [1.807, 2.05) is 0 Å². The Morgan fingerprint density at radius 3 is 2.29 bits per heavy atom. The molecule has 1 saturated carbocycles. The zero-order valence-corrected chi connectivity index (χ0v) is 9.54. The molecule has 2 nitrogen and oxygen atoms in total. The SMILES string of the molecule is CN(CCCCO)C1CCCCCC1. The Bertz CT molecular complexity index is 130. The molecule has 84 valence electrons. The maximum absolute atomic E-state index is 8.72. The van der Waals surface area contributed by atoms with E-state index in [-0.39, 0.29) is 0 Å². The van der Waals surface area contributed by atoms with Gasteiger partial charge in [-0.3, -0.25) is 0 Å². The van der Waals surface area contributed by atoms with Gasteiger partial charge in [-0.05, 0) is 39.3 Å². The summed E-state index contributed by atoms with van der Waals surface area (Å²) in [5, 5.41) is 8.72. The van der Waals surface area contributed by atoms with Gasteiger partial charge in [0.2, 0.25) is 0 Å². The molecular formula is C12H25NO. The number of rotatable bonds is 5. The summed E-state index contributed by atoms with van der Waals surface area (Å²) >= 11 is 0. The molecule has 0 aromatic rings. The molecule has 1 rings (SSSR count). The number of aliphatic hydroxyl groups is 1. The second-order valence-electron chi connectivity index (χ2n) is 4.56. The second kappa shape index (κ2) is 7.24. The van der Waals surface area contributed by atoms with Crippen molar-refractivity contribution in [3.63, 3.8) is 0 Å². The molecule has 1 aliphatic carbocycles. The minimum absolute atomic E-state index is 0.346. The number of aliphatic hydroxyl groups excluding tert-OH is 1. The fraction of sp³-hybridized carbons (Fsp3) is 1.00. The minimum Gasteiger partial charge on any atom is -0.396 e. The van der Waals surface area contributed by atoms with E-state index in [1.165, 1.54) is 38.5 Å². The first kappa shape index (κ1) is 12.0. The Morgan fingerprint density at radius 2 is 1.71 bits per heavy atom. The van der Waals surface area contributed by atoms with E-state index >= 15 is 0 Å². The summed E-state index contributed by atoms with van der Waals surface area (Å²) in [6, 6.07) is 0.816. The summed E-state index contributed by atoms with van der Waals surface area (Å²) in [5.74, 6) is 0. The zero-order chi connectivity index (χ0) is 10.2. The Kier molecular flexibility index (Phi) is 6.20. The molecule has 2 heteroatoms. The van der Waals surface area contributed by atoms with E-state index in [9.17, 15) is 0 Å². The highest BCUT2D eigenvalue weighted by Gasteiger charge is 2.15. The lowest BCUT2D eigenvalue weighted by Crippen LogP contribution is -2.32. The van der Waals surface area contributed by atoms with Gasteiger partial charge in [-0.2, -0.15) is 0 Å². The van der Waals surface area contributed by atoms with E-state index < -0.39 is 0 Å². The van der Waals surface area contributed by atoms with Gasteiger partial charge in [0.1, 0.15) is 0 Å². The molecule has 0 bridgehead atoms. The molecule has 1 N–H and O–H groups in total. The van der Waals surface area contributed by atoms with Gasteiger partial charge >= 0.3 is 0 Å². The Hall–Kier alpha value is -0.0800. The molecule has 0 amide bonds. The van der Waals surface area contributed by atoms with Gasteiger partial charge in [0.25, 0.3) is 0 Å². The third-order valence-electron chi connectivity index (χ3n) is 3.37. The van der Waals surface area contributed by atoms with Crippen LogP contribution in [0.5, 0.6) is 0 Å². The van der Waals surface area contributed by atoms with Gasteiger partial charge in [0.15, 0.2) is 0 Å². The lowest BCUT2D eigenvalue weighted by atomic mass is 10.1. The van der Waals surface area contributed by atoms with Gasteiger partial charge < -0.3 is 10.0 Å². The lowest BCUT2D eigenvalue weighted by Gasteiger charge is -2.26. The molecular weight excluding hydrogens is 174 g/mol. The summed E-state index contributed by atoms with van der Waals surface area (Å²) in [5.41, 5.74) is 0. The van der Waals surface area contributed by atoms with Crippen LogP contribution in [-0.4, -0.2) is 36.2 Å². The van der Waals surface area contributed by atoms with Crippen LogP contribution in [0.25, 0.3) is 0 Å². The maximum atomic E-state index is 8.72. The Labute approximate surface area is 88.3 Å². The molecule has 14 heavy (non-hydrogen) atoms. The summed E-state index contributed by atoms with van der Waals surface area (Å²) in [4.78, 5) is 2.50. The third kappa shape index (κ3) is 4.43. The van der Waals surface area contributed by atoms with E-state index in [2.05, 4.69) is 11.9 Å². The molecule has 0 aromatic carbocycles. The van der Waals surface area contributed by atoms with Gasteiger partial charge in [0, 0.05) is 12.6 Å². The molecule has 0 heterocycles. The van der Waals surface area contributed by atoms with Crippen molar-refractivity contribution in [1.29, 1.82) is 0 Å². The van der Waals surface area contributed by atoms with Crippen LogP contribution in [0.15, 0.2) is 0 Å². The fourth-order valence-corrected chi connectivity index (χ4v) is 2.35. The van der Waals surface area contributed by atoms with Crippen molar-refractivity contribution in [2.45, 2.75) is 57.4 Å². The number of hydrogen-bond acceptors (Lipinski definition) is 2. The second-order valence-corrected chi connectivity index (χ2v) is 4.56. The van der Waals surface area contributed by atoms with Crippen molar-refractivity contribution in [3.05, 3.63) is 0 Å². The average molecular weight is 199 g/mol. The maximum Gasteiger partial charge on any atom is 0.0431 e. The van der Waals surface area contributed by atoms with Gasteiger partial charge in [-0.25, -0.2) is 0 Å². The first-order valence-electron chi connectivity index (χ1n) is 6.15. The third-order valence-corrected chi connectivity index (χ3v) is 3.37. The first-order valence-corrected chi connectivity index (χ1v) is 6.15. The molecule has 0 radical (unpaired) electrons. The molecule has 0 atom stereocenters. The van der Waals surface area contributed by atoms with Crippen LogP contribution in [0.2, 0.25) is 0 Å². The Balaban J connectivity index is 2.16. The zero-order valence-electron chi connectivity index (χ0n) is 9.54. The smallest absolute Gasteiger partial charge is 0.0431 e. The summed E-state index contributed by atoms with van der Waals surface area (Å²) < 4.78 is 0. The predicted octanol–water partition coefficient (Wildman–Crippen LogP) is 2.41. The number of nitrogens with zero attached hydrogens (tertiary/aromatic N) is 1. The highest BCUT2D eigenvalue weighted by molar-refractivity contribution is 4.72. The van der Waals surface area contributed by atoms with Crippen LogP contribution in [0, 0.1) is 0 Å². The summed E-state index contributed by atoms with van der Waals surface area (Å²) in [6.07, 6.45) is 10.6. The largest absolute Gasteiger partial charge is 0.396 e. The molecule has 0 aliphatic heterocycles. The van der Waals surface area contributed by atoms with Crippen LogP contribution >= 0.6 is 0 Å². The van der Waals surface area contributed by atoms with Crippen molar-refractivity contribution in [3.8, 4) is 0 Å². The van der Waals surface area contributed by atoms with Crippen LogP contribution < -0.4 is 0 Å². The van der Waals surface area contributed by atoms with Crippen LogP contribution in [0.3, 0.4) is 0 Å². The van der Waals surface area contributed by atoms with E-state index in [0.29, 0.717) is 6.61 Å². The van der Waals surface area contributed by atoms with Crippen LogP contribution in [0.1, 0.15) is 51.4 Å². The van der Waals surface area contributed by atoms with Crippen LogP contribution in [0.4, 0.5) is 0 Å². The molecule has 0 unspecified atom stereocenters. The minimum atomic E-state index is 0.346. The molecule has 1 aliphatic rings. The van der Waals surface area contributed by atoms with Crippen molar-refractivity contribution in [2.75, 3.05) is 20.2 Å². The monoisotopic (exact) mass is 199 g/mol. The fourth-order valence-electron chi connectivity index (χ4n) is 2.35. The van der Waals surface area contributed by atoms with Crippen LogP contribution in [-0.2, 0) is 0 Å². The molecule has 0 saturated heterocycles. The molecule has 1 fully saturated rings. The average Bonchev–Trinajstić information content (AvgIpc) is 2.46. The normalized spacial score (nSPS) is 19.9. The van der Waals surface area contributed by atoms with E-state index in [1.54, 1.807) is 0 Å². The topological polar surface area (TPSA) is 23.5 Å². The van der Waals surface area contributed by atoms with Crippen molar-refractivity contribution >= 4 is 0 Å². The Morgan fingerprint density at radius 1 is 1.07 bits per heavy atom. The number of hydrogen-bond donors (Lipinski definition) is 1. The predicted molar refractivity (Wildman–Crippen MR) is 60.4 cm³/mol. The van der Waals surface area contributed by atoms with Crippen molar-refractivity contribution in [1.82, 2.24) is 4.90 Å². The number of unbranched alkanes of at least 4 members (excludes halogenated alkanes) is 1. The van der Waals surface area contributed by atoms with Crippen molar-refractivity contribution < 1.29 is 5.11 Å². The summed E-state index contributed by atoms with van der Waals surface area (Å²) in [6.45, 7) is 1.50. The molecule has 0 aromatic heterocycles. The van der Waals surface area contributed by atoms with E-state index in [0.717, 1.165) is 25.4 Å². The van der Waals surface area contributed by atoms with Crippen molar-refractivity contribution in [2.24, 2.45) is 0 Å². The van der Waals surface area contributed by atoms with Gasteiger partial charge in [-0.1, -0.05) is 25.7 Å². The van der Waals surface area contributed by atoms with Gasteiger partial charge in [0.05, 0.1) is 0 Å². The standard InChI is InChI=1S/C12H25NO/c1-13(10-6-7-11-14)12-8-4-2-3-5-9-12/h12,14H,2-11H2,1H3. The quantitative estimate of drug-likeness (QED) is 0.543. The highest BCUT2D eigenvalue weighted by Crippen LogP contribution is 2.21. The lowest BCUT2D eigenvalue weighted by molar-refractivity contribution is 0.206. The summed E-state index contributed by atoms with van der Waals surface area (Å²) in [7, 11) is 2.24. The van der Waals surface area contributed by atoms with E-state index in [4.69, 9.17) is 5.11 Å². The highest BCUT2D eigenvalue weighted by atomic mass is 16.2. The molecule has 0 spiro atoms.